The second-order valence-electron chi connectivity index (χ2n) is 8.54. The number of fused-ring (bicyclic) bond motifs is 1. The lowest BCUT2D eigenvalue weighted by Gasteiger charge is -2.18. The maximum atomic E-state index is 13.5. The fourth-order valence-corrected chi connectivity index (χ4v) is 6.94. The van der Waals surface area contributed by atoms with Gasteiger partial charge in [-0.1, -0.05) is 24.3 Å². The van der Waals surface area contributed by atoms with Crippen molar-refractivity contribution in [3.63, 3.8) is 0 Å². The molecule has 0 saturated carbocycles. The number of nitrogens with one attached hydrogen (secondary N) is 1. The molecule has 0 atom stereocenters. The third kappa shape index (κ3) is 5.31. The third-order valence-corrected chi connectivity index (χ3v) is 9.60. The van der Waals surface area contributed by atoms with Crippen molar-refractivity contribution in [3.8, 4) is 33.0 Å². The number of anilines is 1. The van der Waals surface area contributed by atoms with Crippen LogP contribution in [-0.2, 0) is 10.0 Å². The molecule has 0 fully saturated rings. The molecule has 3 aromatic heterocycles. The van der Waals surface area contributed by atoms with E-state index in [2.05, 4.69) is 20.2 Å². The molecule has 0 aliphatic rings. The largest absolute Gasteiger partial charge is 0.284 e. The number of hydrogen-bond acceptors (Lipinski definition) is 6. The van der Waals surface area contributed by atoms with Gasteiger partial charge < -0.3 is 0 Å². The summed E-state index contributed by atoms with van der Waals surface area (Å²) in [5.74, 6) is -0.314. The molecule has 7 nitrogen and oxygen atoms in total. The molecule has 40 heavy (non-hydrogen) atoms. The van der Waals surface area contributed by atoms with E-state index in [0.29, 0.717) is 22.0 Å². The van der Waals surface area contributed by atoms with Crippen molar-refractivity contribution in [2.24, 2.45) is 0 Å². The first-order chi connectivity index (χ1) is 18.4. The molecule has 0 spiro atoms. The highest BCUT2D eigenvalue weighted by atomic mass is 35.5. The van der Waals surface area contributed by atoms with Crippen LogP contribution in [0.5, 0.6) is 0 Å². The summed E-state index contributed by atoms with van der Waals surface area (Å²) in [6, 6.07) is 24.3. The number of halogens is 3. The van der Waals surface area contributed by atoms with Gasteiger partial charge in [-0.25, -0.2) is 22.8 Å². The average Bonchev–Trinajstić information content (AvgIpc) is 3.64. The normalized spacial score (nSPS) is 11.1. The van der Waals surface area contributed by atoms with Gasteiger partial charge in [-0.15, -0.1) is 36.2 Å². The van der Waals surface area contributed by atoms with Crippen LogP contribution in [0, 0.1) is 5.82 Å². The second kappa shape index (κ2) is 11.7. The lowest BCUT2D eigenvalue weighted by Crippen LogP contribution is -2.25. The SMILES string of the molecule is CN(c1ccccc1)S(=O)(=O)c1ccc(-c2ncnc3ccc(-c4c[nH]nc4-c4ccc(F)cc4)cc23)s1.Cl.Cl. The molecule has 0 bridgehead atoms. The number of thiophene rings is 1. The molecule has 0 amide bonds. The Morgan fingerprint density at radius 3 is 2.33 bits per heavy atom. The minimum atomic E-state index is -3.75. The Hall–Kier alpha value is -3.83. The number of hydrogen-bond donors (Lipinski definition) is 1. The van der Waals surface area contributed by atoms with E-state index in [0.717, 1.165) is 38.9 Å². The van der Waals surface area contributed by atoms with E-state index in [-0.39, 0.29) is 34.8 Å². The van der Waals surface area contributed by atoms with Crippen molar-refractivity contribution in [1.82, 2.24) is 20.2 Å². The molecule has 0 unspecified atom stereocenters. The van der Waals surface area contributed by atoms with Crippen molar-refractivity contribution in [2.75, 3.05) is 11.4 Å². The van der Waals surface area contributed by atoms with Crippen LogP contribution >= 0.6 is 36.2 Å². The number of H-pyrrole nitrogens is 1. The molecule has 0 aliphatic heterocycles. The molecule has 3 heterocycles. The van der Waals surface area contributed by atoms with E-state index in [4.69, 9.17) is 0 Å². The van der Waals surface area contributed by atoms with E-state index >= 15 is 0 Å². The quantitative estimate of drug-likeness (QED) is 0.214. The first kappa shape index (κ1) is 29.2. The zero-order chi connectivity index (χ0) is 26.3. The number of aromatic nitrogens is 4. The summed E-state index contributed by atoms with van der Waals surface area (Å²) in [4.78, 5) is 9.63. The van der Waals surface area contributed by atoms with Crippen LogP contribution in [0.15, 0.2) is 102 Å². The Balaban J connectivity index is 0.00000185. The van der Waals surface area contributed by atoms with E-state index in [9.17, 15) is 12.8 Å². The summed E-state index contributed by atoms with van der Waals surface area (Å²) in [6.45, 7) is 0. The fourth-order valence-electron chi connectivity index (χ4n) is 4.26. The molecule has 12 heteroatoms. The molecule has 1 N–H and O–H groups in total. The van der Waals surface area contributed by atoms with Gasteiger partial charge in [-0.3, -0.25) is 9.40 Å². The minimum Gasteiger partial charge on any atom is -0.284 e. The van der Waals surface area contributed by atoms with Gasteiger partial charge in [0.1, 0.15) is 16.4 Å². The Labute approximate surface area is 246 Å². The number of rotatable bonds is 6. The van der Waals surface area contributed by atoms with Gasteiger partial charge in [-0.05, 0) is 66.2 Å². The zero-order valence-electron chi connectivity index (χ0n) is 20.9. The Kier molecular flexibility index (Phi) is 8.55. The first-order valence-electron chi connectivity index (χ1n) is 11.6. The number of benzene rings is 3. The maximum absolute atomic E-state index is 13.5. The molecule has 0 aliphatic carbocycles. The third-order valence-electron chi connectivity index (χ3n) is 6.25. The van der Waals surface area contributed by atoms with Crippen LogP contribution in [0.25, 0.3) is 43.9 Å². The summed E-state index contributed by atoms with van der Waals surface area (Å²) < 4.78 is 41.6. The monoisotopic (exact) mass is 613 g/mol. The number of aromatic amines is 1. The zero-order valence-corrected chi connectivity index (χ0v) is 24.1. The van der Waals surface area contributed by atoms with Gasteiger partial charge in [-0.2, -0.15) is 5.10 Å². The van der Waals surface area contributed by atoms with E-state index in [1.807, 2.05) is 24.3 Å². The van der Waals surface area contributed by atoms with Crippen molar-refractivity contribution in [3.05, 3.63) is 103 Å². The molecule has 0 radical (unpaired) electrons. The van der Waals surface area contributed by atoms with Gasteiger partial charge in [0, 0.05) is 29.8 Å². The average molecular weight is 615 g/mol. The molecule has 0 saturated heterocycles. The van der Waals surface area contributed by atoms with E-state index in [1.54, 1.807) is 61.8 Å². The number of para-hydroxylation sites is 1. The van der Waals surface area contributed by atoms with Gasteiger partial charge in [0.15, 0.2) is 0 Å². The highest BCUT2D eigenvalue weighted by Gasteiger charge is 2.24. The predicted octanol–water partition coefficient (Wildman–Crippen LogP) is 7.22. The molecule has 3 aromatic carbocycles. The predicted molar refractivity (Wildman–Crippen MR) is 162 cm³/mol. The second-order valence-corrected chi connectivity index (χ2v) is 11.8. The molecular weight excluding hydrogens is 592 g/mol. The minimum absolute atomic E-state index is 0. The van der Waals surface area contributed by atoms with Gasteiger partial charge in [0.05, 0.1) is 27.5 Å². The molecule has 6 aromatic rings. The smallest absolute Gasteiger partial charge is 0.273 e. The summed E-state index contributed by atoms with van der Waals surface area (Å²) in [7, 11) is -2.20. The van der Waals surface area contributed by atoms with E-state index < -0.39 is 10.0 Å². The van der Waals surface area contributed by atoms with Crippen LogP contribution < -0.4 is 4.31 Å². The summed E-state index contributed by atoms with van der Waals surface area (Å²) in [6.07, 6.45) is 3.27. The van der Waals surface area contributed by atoms with Crippen LogP contribution in [0.2, 0.25) is 0 Å². The van der Waals surface area contributed by atoms with E-state index in [1.165, 1.54) is 22.8 Å². The summed E-state index contributed by atoms with van der Waals surface area (Å²) in [5.41, 5.74) is 5.13. The van der Waals surface area contributed by atoms with Gasteiger partial charge >= 0.3 is 0 Å². The van der Waals surface area contributed by atoms with Crippen molar-refractivity contribution in [2.45, 2.75) is 4.21 Å². The topological polar surface area (TPSA) is 91.8 Å². The lowest BCUT2D eigenvalue weighted by molar-refractivity contribution is 0.596. The number of nitrogens with zero attached hydrogens (tertiary/aromatic N) is 4. The molecular formula is C28H22Cl2FN5O2S2. The molecule has 204 valence electrons. The standard InChI is InChI=1S/C28H20FN5O2S2.2ClH/c1-34(21-5-3-2-4-6-21)38(35,36)26-14-13-25(37-26)28-22-15-19(9-12-24(22)30-17-31-28)23-16-32-33-27(23)18-7-10-20(29)11-8-18;;/h2-17H,1H3,(H,32,33);2*1H. The lowest BCUT2D eigenvalue weighted by atomic mass is 9.99. The fraction of sp³-hybridized carbons (Fsp3) is 0.0357. The summed E-state index contributed by atoms with van der Waals surface area (Å²) in [5, 5.41) is 8.06. The van der Waals surface area contributed by atoms with Crippen molar-refractivity contribution < 1.29 is 12.8 Å². The highest BCUT2D eigenvalue weighted by molar-refractivity contribution is 7.94. The molecule has 6 rings (SSSR count). The van der Waals surface area contributed by atoms with Gasteiger partial charge in [0.2, 0.25) is 0 Å². The van der Waals surface area contributed by atoms with Crippen molar-refractivity contribution >= 4 is 62.8 Å². The number of sulfonamides is 1. The van der Waals surface area contributed by atoms with Gasteiger partial charge in [0.25, 0.3) is 10.0 Å². The van der Waals surface area contributed by atoms with Crippen LogP contribution in [0.3, 0.4) is 0 Å². The summed E-state index contributed by atoms with van der Waals surface area (Å²) >= 11 is 1.16. The van der Waals surface area contributed by atoms with Crippen LogP contribution in [0.1, 0.15) is 0 Å². The highest BCUT2D eigenvalue weighted by Crippen LogP contribution is 2.37. The van der Waals surface area contributed by atoms with Crippen LogP contribution in [-0.4, -0.2) is 35.6 Å². The maximum Gasteiger partial charge on any atom is 0.273 e. The van der Waals surface area contributed by atoms with Crippen molar-refractivity contribution in [1.29, 1.82) is 0 Å². The Morgan fingerprint density at radius 2 is 1.57 bits per heavy atom. The Bertz CT molecular complexity index is 1880. The first-order valence-corrected chi connectivity index (χ1v) is 13.9. The Morgan fingerprint density at radius 1 is 0.850 bits per heavy atom. The van der Waals surface area contributed by atoms with Crippen LogP contribution in [0.4, 0.5) is 10.1 Å².